The van der Waals surface area contributed by atoms with Crippen molar-refractivity contribution in [3.8, 4) is 0 Å². The van der Waals surface area contributed by atoms with E-state index in [0.717, 1.165) is 4.90 Å². The number of carboxylic acids is 1. The normalized spacial score (nSPS) is 25.4. The van der Waals surface area contributed by atoms with Gasteiger partial charge in [0.25, 0.3) is 5.91 Å². The summed E-state index contributed by atoms with van der Waals surface area (Å²) in [5.74, 6) is -5.79. The predicted molar refractivity (Wildman–Crippen MR) is 58.3 cm³/mol. The first-order valence-electron chi connectivity index (χ1n) is 5.88. The Morgan fingerprint density at radius 1 is 1.42 bits per heavy atom. The molecule has 1 unspecified atom stereocenters. The minimum Gasteiger partial charge on any atom is -0.481 e. The number of alkyl halides is 3. The van der Waals surface area contributed by atoms with Gasteiger partial charge in [-0.2, -0.15) is 13.2 Å². The smallest absolute Gasteiger partial charge is 0.394 e. The lowest BCUT2D eigenvalue weighted by Crippen LogP contribution is -2.38. The second-order valence-electron chi connectivity index (χ2n) is 4.43. The molecule has 1 aliphatic rings. The molecule has 1 rings (SSSR count). The van der Waals surface area contributed by atoms with Gasteiger partial charge in [0.2, 0.25) is 0 Å². The van der Waals surface area contributed by atoms with Crippen molar-refractivity contribution in [1.29, 1.82) is 0 Å². The molecule has 0 spiro atoms. The molecule has 1 saturated heterocycles. The van der Waals surface area contributed by atoms with E-state index >= 15 is 0 Å². The summed E-state index contributed by atoms with van der Waals surface area (Å²) in [6, 6.07) is 0. The minimum absolute atomic E-state index is 0.256. The number of carbonyl (C=O) groups is 2. The molecule has 1 N–H and O–H groups in total. The highest BCUT2D eigenvalue weighted by molar-refractivity contribution is 5.82. The van der Waals surface area contributed by atoms with Gasteiger partial charge >= 0.3 is 12.1 Å². The molecule has 0 aromatic heterocycles. The number of amides is 1. The van der Waals surface area contributed by atoms with E-state index < -0.39 is 49.1 Å². The van der Waals surface area contributed by atoms with Crippen molar-refractivity contribution in [2.45, 2.75) is 26.1 Å². The topological polar surface area (TPSA) is 66.8 Å². The number of ether oxygens (including phenoxy) is 1. The monoisotopic (exact) mass is 283 g/mol. The number of halogens is 3. The quantitative estimate of drug-likeness (QED) is 0.840. The first-order chi connectivity index (χ1) is 8.68. The van der Waals surface area contributed by atoms with Gasteiger partial charge in [-0.25, -0.2) is 0 Å². The zero-order valence-corrected chi connectivity index (χ0v) is 10.6. The Bertz CT molecular complexity index is 358. The highest BCUT2D eigenvalue weighted by atomic mass is 19.4. The van der Waals surface area contributed by atoms with Crippen molar-refractivity contribution in [2.75, 3.05) is 19.7 Å². The molecular weight excluding hydrogens is 267 g/mol. The van der Waals surface area contributed by atoms with E-state index in [1.807, 2.05) is 0 Å². The molecule has 8 heteroatoms. The minimum atomic E-state index is -4.63. The van der Waals surface area contributed by atoms with Gasteiger partial charge in [-0.3, -0.25) is 9.59 Å². The average Bonchev–Trinajstić information content (AvgIpc) is 2.72. The van der Waals surface area contributed by atoms with E-state index in [1.165, 1.54) is 6.92 Å². The number of carboxylic acid groups (broad SMARTS) is 1. The average molecular weight is 283 g/mol. The summed E-state index contributed by atoms with van der Waals surface area (Å²) < 4.78 is 43.2. The van der Waals surface area contributed by atoms with Crippen molar-refractivity contribution in [3.05, 3.63) is 0 Å². The molecule has 110 valence electrons. The van der Waals surface area contributed by atoms with Gasteiger partial charge in [-0.05, 0) is 13.8 Å². The summed E-state index contributed by atoms with van der Waals surface area (Å²) in [4.78, 5) is 23.6. The van der Waals surface area contributed by atoms with Crippen LogP contribution < -0.4 is 0 Å². The van der Waals surface area contributed by atoms with Crippen molar-refractivity contribution in [1.82, 2.24) is 4.90 Å². The van der Waals surface area contributed by atoms with E-state index in [9.17, 15) is 22.8 Å². The molecule has 1 fully saturated rings. The maximum absolute atomic E-state index is 12.7. The second-order valence-corrected chi connectivity index (χ2v) is 4.43. The first-order valence-corrected chi connectivity index (χ1v) is 5.88. The summed E-state index contributed by atoms with van der Waals surface area (Å²) in [6.07, 6.45) is -5.50. The van der Waals surface area contributed by atoms with Crippen LogP contribution in [0.1, 0.15) is 13.8 Å². The third kappa shape index (κ3) is 3.59. The Hall–Kier alpha value is -1.31. The van der Waals surface area contributed by atoms with Crippen molar-refractivity contribution in [3.63, 3.8) is 0 Å². The van der Waals surface area contributed by atoms with E-state index in [1.54, 1.807) is 6.92 Å². The van der Waals surface area contributed by atoms with Crippen molar-refractivity contribution in [2.24, 2.45) is 11.8 Å². The van der Waals surface area contributed by atoms with E-state index in [0.29, 0.717) is 0 Å². The number of nitrogens with zero attached hydrogens (tertiary/aromatic N) is 1. The van der Waals surface area contributed by atoms with Crippen LogP contribution in [0.5, 0.6) is 0 Å². The summed E-state index contributed by atoms with van der Waals surface area (Å²) in [5, 5.41) is 8.82. The molecule has 0 saturated carbocycles. The van der Waals surface area contributed by atoms with Gasteiger partial charge in [0, 0.05) is 19.7 Å². The third-order valence-corrected chi connectivity index (χ3v) is 3.13. The Kier molecular flexibility index (Phi) is 4.78. The molecule has 0 aromatic rings. The number of hydrogen-bond acceptors (Lipinski definition) is 3. The highest BCUT2D eigenvalue weighted by Crippen LogP contribution is 2.37. The predicted octanol–water partition coefficient (Wildman–Crippen LogP) is 1.13. The molecule has 0 aliphatic carbocycles. The molecule has 1 aliphatic heterocycles. The van der Waals surface area contributed by atoms with Crippen LogP contribution in [-0.4, -0.2) is 53.9 Å². The Labute approximate surface area is 108 Å². The largest absolute Gasteiger partial charge is 0.481 e. The zero-order valence-electron chi connectivity index (χ0n) is 10.6. The van der Waals surface area contributed by atoms with Crippen LogP contribution in [0.25, 0.3) is 0 Å². The fraction of sp³-hybridized carbons (Fsp3) is 0.818. The molecule has 19 heavy (non-hydrogen) atoms. The van der Waals surface area contributed by atoms with Gasteiger partial charge in [-0.15, -0.1) is 0 Å². The fourth-order valence-corrected chi connectivity index (χ4v) is 2.14. The molecule has 0 bridgehead atoms. The van der Waals surface area contributed by atoms with Gasteiger partial charge in [0.1, 0.15) is 6.10 Å². The number of aliphatic carboxylic acids is 1. The van der Waals surface area contributed by atoms with Gasteiger partial charge in [0.05, 0.1) is 11.8 Å². The van der Waals surface area contributed by atoms with Crippen LogP contribution in [0, 0.1) is 11.8 Å². The molecule has 0 radical (unpaired) electrons. The lowest BCUT2D eigenvalue weighted by atomic mass is 9.96. The van der Waals surface area contributed by atoms with Crippen molar-refractivity contribution < 1.29 is 32.6 Å². The molecule has 0 aromatic carbocycles. The van der Waals surface area contributed by atoms with Gasteiger partial charge in [0.15, 0.2) is 0 Å². The van der Waals surface area contributed by atoms with Crippen LogP contribution in [0.15, 0.2) is 0 Å². The lowest BCUT2D eigenvalue weighted by Gasteiger charge is -2.21. The number of rotatable bonds is 4. The van der Waals surface area contributed by atoms with Crippen LogP contribution in [0.3, 0.4) is 0 Å². The maximum Gasteiger partial charge on any atom is 0.394 e. The van der Waals surface area contributed by atoms with E-state index in [4.69, 9.17) is 9.84 Å². The molecule has 1 heterocycles. The molecule has 5 nitrogen and oxygen atoms in total. The van der Waals surface area contributed by atoms with E-state index in [-0.39, 0.29) is 6.61 Å². The second kappa shape index (κ2) is 5.77. The number of hydrogen-bond donors (Lipinski definition) is 1. The summed E-state index contributed by atoms with van der Waals surface area (Å²) in [6.45, 7) is 2.28. The van der Waals surface area contributed by atoms with Crippen LogP contribution in [0.4, 0.5) is 13.2 Å². The maximum atomic E-state index is 12.7. The molecule has 1 amide bonds. The summed E-state index contributed by atoms with van der Waals surface area (Å²) in [7, 11) is 0. The zero-order chi connectivity index (χ0) is 14.8. The Morgan fingerprint density at radius 2 is 2.00 bits per heavy atom. The first kappa shape index (κ1) is 15.7. The number of likely N-dealkylation sites (tertiary alicyclic amines) is 1. The lowest BCUT2D eigenvalue weighted by molar-refractivity contribution is -0.188. The Morgan fingerprint density at radius 3 is 2.37 bits per heavy atom. The SMILES string of the molecule is CCOC(C)C(=O)N1C[C@@H](C(F)(F)F)[C@H](C(=O)O)C1. The van der Waals surface area contributed by atoms with Crippen LogP contribution in [0.2, 0.25) is 0 Å². The van der Waals surface area contributed by atoms with Crippen molar-refractivity contribution >= 4 is 11.9 Å². The van der Waals surface area contributed by atoms with Gasteiger partial charge in [-0.1, -0.05) is 0 Å². The highest BCUT2D eigenvalue weighted by Gasteiger charge is 2.53. The van der Waals surface area contributed by atoms with Crippen LogP contribution in [-0.2, 0) is 14.3 Å². The van der Waals surface area contributed by atoms with E-state index in [2.05, 4.69) is 0 Å². The summed E-state index contributed by atoms with van der Waals surface area (Å²) >= 11 is 0. The van der Waals surface area contributed by atoms with Gasteiger partial charge < -0.3 is 14.7 Å². The molecule has 3 atom stereocenters. The molecular formula is C11H16F3NO4. The standard InChI is InChI=1S/C11H16F3NO4/c1-3-19-6(2)9(16)15-4-7(10(17)18)8(5-15)11(12,13)14/h6-8H,3-5H2,1-2H3,(H,17,18)/t6?,7-,8-/m1/s1. The summed E-state index contributed by atoms with van der Waals surface area (Å²) in [5.41, 5.74) is 0. The fourth-order valence-electron chi connectivity index (χ4n) is 2.14. The number of carbonyl (C=O) groups excluding carboxylic acids is 1. The van der Waals surface area contributed by atoms with Crippen LogP contribution >= 0.6 is 0 Å². The third-order valence-electron chi connectivity index (χ3n) is 3.13. The Balaban J connectivity index is 2.81.